The lowest BCUT2D eigenvalue weighted by Crippen LogP contribution is -2.49. The Bertz CT molecular complexity index is 814. The number of rotatable bonds is 5. The third-order valence-corrected chi connectivity index (χ3v) is 5.60. The zero-order chi connectivity index (χ0) is 19.6. The Labute approximate surface area is 164 Å². The summed E-state index contributed by atoms with van der Waals surface area (Å²) in [6.45, 7) is 2.79. The number of hydrogen-bond donors (Lipinski definition) is 0. The fraction of sp³-hybridized carbons (Fsp3) is 0.632. The zero-order valence-electron chi connectivity index (χ0n) is 16.5. The minimum atomic E-state index is -0.390. The van der Waals surface area contributed by atoms with Crippen LogP contribution in [0.25, 0.3) is 0 Å². The first-order valence-corrected chi connectivity index (χ1v) is 9.85. The van der Waals surface area contributed by atoms with Crippen LogP contribution in [0.1, 0.15) is 36.9 Å². The molecule has 1 saturated heterocycles. The number of carbonyl (C=O) groups is 1. The van der Waals surface area contributed by atoms with Gasteiger partial charge in [0.2, 0.25) is 11.9 Å². The highest BCUT2D eigenvalue weighted by atomic mass is 16.5. The molecular weight excluding hydrogens is 358 g/mol. The van der Waals surface area contributed by atoms with Gasteiger partial charge in [-0.25, -0.2) is 15.0 Å². The number of fused-ring (bicyclic) bond motifs is 2. The predicted octanol–water partition coefficient (Wildman–Crippen LogP) is 1.00. The van der Waals surface area contributed by atoms with Crippen LogP contribution in [0.4, 0.5) is 5.95 Å². The second kappa shape index (κ2) is 7.83. The average molecular weight is 385 g/mol. The van der Waals surface area contributed by atoms with Crippen molar-refractivity contribution in [1.29, 1.82) is 0 Å². The fourth-order valence-electron chi connectivity index (χ4n) is 4.01. The molecule has 4 rings (SSSR count). The highest BCUT2D eigenvalue weighted by molar-refractivity contribution is 5.76. The van der Waals surface area contributed by atoms with E-state index in [2.05, 4.69) is 15.1 Å². The van der Waals surface area contributed by atoms with E-state index in [0.717, 1.165) is 31.4 Å². The van der Waals surface area contributed by atoms with Gasteiger partial charge in [-0.05, 0) is 31.2 Å². The maximum Gasteiger partial charge on any atom is 0.225 e. The second-order valence-electron chi connectivity index (χ2n) is 7.67. The van der Waals surface area contributed by atoms with Crippen LogP contribution in [0.3, 0.4) is 0 Å². The Morgan fingerprint density at radius 2 is 2.14 bits per heavy atom. The van der Waals surface area contributed by atoms with Crippen molar-refractivity contribution in [1.82, 2.24) is 29.6 Å². The summed E-state index contributed by atoms with van der Waals surface area (Å²) in [6.07, 6.45) is 8.81. The van der Waals surface area contributed by atoms with Gasteiger partial charge in [-0.1, -0.05) is 0 Å². The van der Waals surface area contributed by atoms with Gasteiger partial charge in [0.05, 0.1) is 12.3 Å². The average Bonchev–Trinajstić information content (AvgIpc) is 3.22. The van der Waals surface area contributed by atoms with Gasteiger partial charge < -0.3 is 14.5 Å². The van der Waals surface area contributed by atoms with Gasteiger partial charge in [0, 0.05) is 46.3 Å². The summed E-state index contributed by atoms with van der Waals surface area (Å²) in [5.74, 6) is 0.901. The van der Waals surface area contributed by atoms with Crippen LogP contribution in [0.2, 0.25) is 0 Å². The fourth-order valence-corrected chi connectivity index (χ4v) is 4.01. The van der Waals surface area contributed by atoms with E-state index in [1.807, 2.05) is 30.1 Å². The van der Waals surface area contributed by atoms with Crippen molar-refractivity contribution in [3.63, 3.8) is 0 Å². The van der Waals surface area contributed by atoms with E-state index in [4.69, 9.17) is 9.72 Å². The van der Waals surface area contributed by atoms with E-state index in [1.165, 1.54) is 11.9 Å². The number of hydrogen-bond acceptors (Lipinski definition) is 7. The summed E-state index contributed by atoms with van der Waals surface area (Å²) >= 11 is 0. The topological polar surface area (TPSA) is 89.3 Å². The van der Waals surface area contributed by atoms with Crippen molar-refractivity contribution in [2.24, 2.45) is 0 Å². The second-order valence-corrected chi connectivity index (χ2v) is 7.67. The van der Waals surface area contributed by atoms with Crippen LogP contribution in [0.5, 0.6) is 0 Å². The Morgan fingerprint density at radius 1 is 1.32 bits per heavy atom. The molecule has 1 amide bonds. The van der Waals surface area contributed by atoms with E-state index in [1.54, 1.807) is 11.0 Å². The number of aryl methyl sites for hydroxylation is 1. The number of ether oxygens (including phenoxy) is 1. The van der Waals surface area contributed by atoms with Gasteiger partial charge in [-0.2, -0.15) is 5.10 Å². The normalized spacial score (nSPS) is 18.1. The first-order valence-electron chi connectivity index (χ1n) is 9.85. The Morgan fingerprint density at radius 3 is 2.86 bits per heavy atom. The molecule has 150 valence electrons. The summed E-state index contributed by atoms with van der Waals surface area (Å²) in [6, 6.07) is 0. The van der Waals surface area contributed by atoms with Crippen molar-refractivity contribution in [2.75, 3.05) is 38.7 Å². The van der Waals surface area contributed by atoms with E-state index >= 15 is 0 Å². The van der Waals surface area contributed by atoms with Gasteiger partial charge in [0.15, 0.2) is 0 Å². The van der Waals surface area contributed by atoms with Crippen LogP contribution < -0.4 is 4.90 Å². The molecule has 1 fully saturated rings. The minimum absolute atomic E-state index is 0.197. The number of carbonyl (C=O) groups excluding carboxylic acids is 1. The molecule has 0 N–H and O–H groups in total. The molecule has 2 aromatic heterocycles. The van der Waals surface area contributed by atoms with E-state index < -0.39 is 5.60 Å². The largest absolute Gasteiger partial charge is 0.368 e. The van der Waals surface area contributed by atoms with Crippen molar-refractivity contribution in [2.45, 2.75) is 44.2 Å². The van der Waals surface area contributed by atoms with Crippen molar-refractivity contribution >= 4 is 11.9 Å². The standard InChI is InChI=1S/C19H27N7O2/c1-24(2)18-21-12-15-5-11-28-19(17(15)23-18)6-9-25(10-7-19)16(27)4-3-8-26-14-20-13-22-26/h12-14H,3-11H2,1-2H3. The SMILES string of the molecule is CN(C)c1ncc2c(n1)C1(CCN(C(=O)CCCn3cncn3)CC1)OCC2. The van der Waals surface area contributed by atoms with Crippen molar-refractivity contribution in [3.8, 4) is 0 Å². The maximum atomic E-state index is 12.6. The maximum absolute atomic E-state index is 12.6. The molecule has 1 spiro atoms. The Hall–Kier alpha value is -2.55. The molecule has 9 heteroatoms. The zero-order valence-corrected chi connectivity index (χ0v) is 16.5. The molecule has 0 aliphatic carbocycles. The number of piperidine rings is 1. The molecule has 2 aromatic rings. The number of likely N-dealkylation sites (tertiary alicyclic amines) is 1. The molecule has 2 aliphatic rings. The van der Waals surface area contributed by atoms with Crippen LogP contribution in [0, 0.1) is 0 Å². The quantitative estimate of drug-likeness (QED) is 0.759. The molecule has 0 atom stereocenters. The smallest absolute Gasteiger partial charge is 0.225 e. The van der Waals surface area contributed by atoms with Crippen LogP contribution in [-0.2, 0) is 28.1 Å². The summed E-state index contributed by atoms with van der Waals surface area (Å²) in [7, 11) is 3.89. The van der Waals surface area contributed by atoms with Crippen LogP contribution in [-0.4, -0.2) is 69.3 Å². The molecule has 28 heavy (non-hydrogen) atoms. The first-order chi connectivity index (χ1) is 13.6. The van der Waals surface area contributed by atoms with Crippen molar-refractivity contribution < 1.29 is 9.53 Å². The van der Waals surface area contributed by atoms with Crippen LogP contribution in [0.15, 0.2) is 18.9 Å². The van der Waals surface area contributed by atoms with Gasteiger partial charge in [-0.15, -0.1) is 0 Å². The molecule has 4 heterocycles. The minimum Gasteiger partial charge on any atom is -0.368 e. The molecule has 0 bridgehead atoms. The highest BCUT2D eigenvalue weighted by Gasteiger charge is 2.43. The van der Waals surface area contributed by atoms with Crippen molar-refractivity contribution in [3.05, 3.63) is 30.1 Å². The molecular formula is C19H27N7O2. The Balaban J connectivity index is 1.38. The molecule has 0 radical (unpaired) electrons. The van der Waals surface area contributed by atoms with Gasteiger partial charge in [0.25, 0.3) is 0 Å². The van der Waals surface area contributed by atoms with E-state index in [9.17, 15) is 4.79 Å². The van der Waals surface area contributed by atoms with E-state index in [-0.39, 0.29) is 5.91 Å². The molecule has 0 aromatic carbocycles. The summed E-state index contributed by atoms with van der Waals surface area (Å²) in [4.78, 5) is 29.6. The lowest BCUT2D eigenvalue weighted by atomic mass is 9.83. The number of amides is 1. The first kappa shape index (κ1) is 18.8. The van der Waals surface area contributed by atoms with Crippen LogP contribution >= 0.6 is 0 Å². The summed E-state index contributed by atoms with van der Waals surface area (Å²) < 4.78 is 8.02. The number of anilines is 1. The monoisotopic (exact) mass is 385 g/mol. The third kappa shape index (κ3) is 3.71. The summed E-state index contributed by atoms with van der Waals surface area (Å²) in [5.41, 5.74) is 1.79. The summed E-state index contributed by atoms with van der Waals surface area (Å²) in [5, 5.41) is 4.07. The molecule has 0 saturated carbocycles. The third-order valence-electron chi connectivity index (χ3n) is 5.60. The Kier molecular flexibility index (Phi) is 5.25. The van der Waals surface area contributed by atoms with Gasteiger partial charge >= 0.3 is 0 Å². The lowest BCUT2D eigenvalue weighted by molar-refractivity contribution is -0.141. The molecule has 0 unspecified atom stereocenters. The molecule has 9 nitrogen and oxygen atoms in total. The highest BCUT2D eigenvalue weighted by Crippen LogP contribution is 2.40. The predicted molar refractivity (Wildman–Crippen MR) is 103 cm³/mol. The lowest BCUT2D eigenvalue weighted by Gasteiger charge is -2.44. The molecule has 2 aliphatic heterocycles. The number of aromatic nitrogens is 5. The van der Waals surface area contributed by atoms with E-state index in [0.29, 0.717) is 38.6 Å². The van der Waals surface area contributed by atoms with Gasteiger partial charge in [-0.3, -0.25) is 9.48 Å². The number of nitrogens with zero attached hydrogens (tertiary/aromatic N) is 7. The van der Waals surface area contributed by atoms with Gasteiger partial charge in [0.1, 0.15) is 18.3 Å².